The van der Waals surface area contributed by atoms with Crippen molar-refractivity contribution in [3.8, 4) is 5.75 Å². The number of rotatable bonds is 3. The van der Waals surface area contributed by atoms with E-state index in [9.17, 15) is 14.7 Å². The number of amides is 1. The average molecular weight is 223 g/mol. The molecule has 1 atom stereocenters. The van der Waals surface area contributed by atoms with Crippen LogP contribution in [0.4, 0.5) is 0 Å². The summed E-state index contributed by atoms with van der Waals surface area (Å²) in [5, 5.41) is 9.44. The molecule has 5 nitrogen and oxygen atoms in total. The molecule has 0 heterocycles. The third-order valence-electron chi connectivity index (χ3n) is 2.06. The quantitative estimate of drug-likeness (QED) is 0.739. The van der Waals surface area contributed by atoms with Crippen molar-refractivity contribution in [2.75, 3.05) is 0 Å². The molecular formula is C11H13NO4. The Morgan fingerprint density at radius 3 is 2.62 bits per heavy atom. The van der Waals surface area contributed by atoms with Crippen molar-refractivity contribution in [2.45, 2.75) is 20.0 Å². The van der Waals surface area contributed by atoms with Gasteiger partial charge in [0, 0.05) is 0 Å². The van der Waals surface area contributed by atoms with Gasteiger partial charge in [-0.2, -0.15) is 0 Å². The predicted molar refractivity (Wildman–Crippen MR) is 56.9 cm³/mol. The van der Waals surface area contributed by atoms with Crippen LogP contribution >= 0.6 is 0 Å². The van der Waals surface area contributed by atoms with Gasteiger partial charge in [-0.05, 0) is 26.0 Å². The van der Waals surface area contributed by atoms with Crippen LogP contribution in [0.15, 0.2) is 18.2 Å². The highest BCUT2D eigenvalue weighted by Gasteiger charge is 2.18. The molecule has 3 N–H and O–H groups in total. The molecular weight excluding hydrogens is 210 g/mol. The molecule has 0 saturated heterocycles. The number of carbonyl (C=O) groups is 2. The van der Waals surface area contributed by atoms with Gasteiger partial charge in [0.2, 0.25) is 0 Å². The Kier molecular flexibility index (Phi) is 3.50. The zero-order chi connectivity index (χ0) is 12.3. The molecule has 5 heteroatoms. The first-order chi connectivity index (χ1) is 7.41. The van der Waals surface area contributed by atoms with Crippen LogP contribution in [0.1, 0.15) is 22.8 Å². The highest BCUT2D eigenvalue weighted by molar-refractivity contribution is 5.94. The van der Waals surface area contributed by atoms with E-state index < -0.39 is 18.0 Å². The summed E-state index contributed by atoms with van der Waals surface area (Å²) in [6.07, 6.45) is -1.02. The summed E-state index contributed by atoms with van der Waals surface area (Å²) in [4.78, 5) is 22.2. The molecule has 86 valence electrons. The minimum Gasteiger partial charge on any atom is -0.507 e. The second kappa shape index (κ2) is 4.65. The number of aromatic hydroxyl groups is 1. The monoisotopic (exact) mass is 223 g/mol. The fraction of sp³-hybridized carbons (Fsp3) is 0.273. The summed E-state index contributed by atoms with van der Waals surface area (Å²) < 4.78 is 4.76. The Labute approximate surface area is 92.8 Å². The highest BCUT2D eigenvalue weighted by Crippen LogP contribution is 2.19. The molecule has 1 aromatic rings. The van der Waals surface area contributed by atoms with Crippen LogP contribution < -0.4 is 5.73 Å². The summed E-state index contributed by atoms with van der Waals surface area (Å²) in [5.74, 6) is -1.69. The third kappa shape index (κ3) is 2.73. The lowest BCUT2D eigenvalue weighted by Crippen LogP contribution is -2.30. The number of hydrogen-bond donors (Lipinski definition) is 2. The van der Waals surface area contributed by atoms with Crippen LogP contribution in [-0.4, -0.2) is 23.1 Å². The molecule has 0 aliphatic carbocycles. The molecule has 0 bridgehead atoms. The van der Waals surface area contributed by atoms with Gasteiger partial charge < -0.3 is 15.6 Å². The van der Waals surface area contributed by atoms with Gasteiger partial charge in [-0.25, -0.2) is 4.79 Å². The molecule has 0 unspecified atom stereocenters. The van der Waals surface area contributed by atoms with E-state index in [0.29, 0.717) is 0 Å². The minimum atomic E-state index is -1.02. The average Bonchev–Trinajstić information content (AvgIpc) is 2.21. The van der Waals surface area contributed by atoms with Gasteiger partial charge in [0.1, 0.15) is 11.3 Å². The van der Waals surface area contributed by atoms with Gasteiger partial charge >= 0.3 is 5.97 Å². The molecule has 1 rings (SSSR count). The van der Waals surface area contributed by atoms with Crippen LogP contribution in [0.25, 0.3) is 0 Å². The normalized spacial score (nSPS) is 11.9. The number of primary amides is 1. The number of phenols is 1. The molecule has 1 aromatic carbocycles. The molecule has 1 amide bonds. The molecule has 0 radical (unpaired) electrons. The van der Waals surface area contributed by atoms with Gasteiger partial charge in [0.15, 0.2) is 6.10 Å². The van der Waals surface area contributed by atoms with Gasteiger partial charge in [-0.1, -0.05) is 11.6 Å². The Hall–Kier alpha value is -2.04. The topological polar surface area (TPSA) is 89.6 Å². The number of hydrogen-bond acceptors (Lipinski definition) is 4. The fourth-order valence-corrected chi connectivity index (χ4v) is 1.10. The first-order valence-corrected chi connectivity index (χ1v) is 4.71. The Balaban J connectivity index is 2.88. The van der Waals surface area contributed by atoms with Crippen LogP contribution in [-0.2, 0) is 9.53 Å². The number of nitrogens with two attached hydrogens (primary N) is 1. The van der Waals surface area contributed by atoms with Crippen LogP contribution in [0.2, 0.25) is 0 Å². The summed E-state index contributed by atoms with van der Waals surface area (Å²) in [6, 6.07) is 4.52. The smallest absolute Gasteiger partial charge is 0.342 e. The van der Waals surface area contributed by atoms with E-state index in [4.69, 9.17) is 10.5 Å². The van der Waals surface area contributed by atoms with Gasteiger partial charge in [0.25, 0.3) is 5.91 Å². The van der Waals surface area contributed by atoms with Crippen molar-refractivity contribution in [1.82, 2.24) is 0 Å². The largest absolute Gasteiger partial charge is 0.507 e. The Morgan fingerprint density at radius 2 is 2.06 bits per heavy atom. The lowest BCUT2D eigenvalue weighted by atomic mass is 10.1. The SMILES string of the molecule is Cc1ccc(O)c(C(=O)O[C@H](C)C(N)=O)c1. The third-order valence-corrected chi connectivity index (χ3v) is 2.06. The highest BCUT2D eigenvalue weighted by atomic mass is 16.5. The Morgan fingerprint density at radius 1 is 1.44 bits per heavy atom. The van der Waals surface area contributed by atoms with Crippen LogP contribution in [0.3, 0.4) is 0 Å². The maximum absolute atomic E-state index is 11.5. The fourth-order valence-electron chi connectivity index (χ4n) is 1.10. The van der Waals surface area contributed by atoms with Gasteiger partial charge in [-0.15, -0.1) is 0 Å². The second-order valence-electron chi connectivity index (χ2n) is 3.47. The molecule has 0 aliphatic heterocycles. The number of benzene rings is 1. The molecule has 0 saturated carbocycles. The lowest BCUT2D eigenvalue weighted by Gasteiger charge is -2.10. The van der Waals surface area contributed by atoms with E-state index in [-0.39, 0.29) is 11.3 Å². The Bertz CT molecular complexity index is 428. The zero-order valence-electron chi connectivity index (χ0n) is 9.06. The van der Waals surface area contributed by atoms with Crippen LogP contribution in [0.5, 0.6) is 5.75 Å². The number of phenolic OH excluding ortho intramolecular Hbond substituents is 1. The van der Waals surface area contributed by atoms with Gasteiger partial charge in [-0.3, -0.25) is 4.79 Å². The summed E-state index contributed by atoms with van der Waals surface area (Å²) in [5.41, 5.74) is 5.78. The summed E-state index contributed by atoms with van der Waals surface area (Å²) >= 11 is 0. The standard InChI is InChI=1S/C11H13NO4/c1-6-3-4-9(13)8(5-6)11(15)16-7(2)10(12)14/h3-5,7,13H,1-2H3,(H2,12,14)/t7-/m1/s1. The van der Waals surface area contributed by atoms with E-state index in [1.807, 2.05) is 0 Å². The minimum absolute atomic E-state index is 0.0214. The first-order valence-electron chi connectivity index (χ1n) is 4.71. The molecule has 0 aliphatic rings. The number of aryl methyl sites for hydroxylation is 1. The molecule has 16 heavy (non-hydrogen) atoms. The second-order valence-corrected chi connectivity index (χ2v) is 3.47. The van der Waals surface area contributed by atoms with E-state index in [1.54, 1.807) is 13.0 Å². The maximum Gasteiger partial charge on any atom is 0.342 e. The number of carbonyl (C=O) groups excluding carboxylic acids is 2. The maximum atomic E-state index is 11.5. The van der Waals surface area contributed by atoms with E-state index in [2.05, 4.69) is 0 Å². The lowest BCUT2D eigenvalue weighted by molar-refractivity contribution is -0.125. The van der Waals surface area contributed by atoms with Crippen molar-refractivity contribution >= 4 is 11.9 Å². The molecule has 0 spiro atoms. The predicted octanol–water partition coefficient (Wildman–Crippen LogP) is 0.731. The molecule has 0 aromatic heterocycles. The first kappa shape index (κ1) is 12.0. The van der Waals surface area contributed by atoms with Crippen LogP contribution in [0, 0.1) is 6.92 Å². The van der Waals surface area contributed by atoms with Crippen molar-refractivity contribution < 1.29 is 19.4 Å². The summed E-state index contributed by atoms with van der Waals surface area (Å²) in [7, 11) is 0. The van der Waals surface area contributed by atoms with Crippen molar-refractivity contribution in [3.05, 3.63) is 29.3 Å². The number of ether oxygens (including phenoxy) is 1. The molecule has 0 fully saturated rings. The number of esters is 1. The van der Waals surface area contributed by atoms with Crippen molar-refractivity contribution in [3.63, 3.8) is 0 Å². The van der Waals surface area contributed by atoms with Crippen molar-refractivity contribution in [2.24, 2.45) is 5.73 Å². The van der Waals surface area contributed by atoms with E-state index >= 15 is 0 Å². The van der Waals surface area contributed by atoms with Gasteiger partial charge in [0.05, 0.1) is 0 Å². The van der Waals surface area contributed by atoms with E-state index in [0.717, 1.165) is 5.56 Å². The zero-order valence-corrected chi connectivity index (χ0v) is 9.06. The summed E-state index contributed by atoms with van der Waals surface area (Å²) in [6.45, 7) is 3.14. The van der Waals surface area contributed by atoms with Crippen molar-refractivity contribution in [1.29, 1.82) is 0 Å². The van der Waals surface area contributed by atoms with E-state index in [1.165, 1.54) is 19.1 Å².